The van der Waals surface area contributed by atoms with E-state index in [4.69, 9.17) is 14.5 Å². The molecule has 2 aliphatic heterocycles. The Balaban J connectivity index is 1.58. The van der Waals surface area contributed by atoms with Crippen molar-refractivity contribution in [3.63, 3.8) is 0 Å². The van der Waals surface area contributed by atoms with Crippen LogP contribution >= 0.6 is 0 Å². The second-order valence-corrected chi connectivity index (χ2v) is 8.80. The second-order valence-electron chi connectivity index (χ2n) is 7.23. The molecule has 1 saturated heterocycles. The summed E-state index contributed by atoms with van der Waals surface area (Å²) in [6.45, 7) is -0.0697. The van der Waals surface area contributed by atoms with Crippen molar-refractivity contribution in [1.82, 2.24) is 4.90 Å². The lowest BCUT2D eigenvalue weighted by Gasteiger charge is -2.40. The molecule has 2 aromatic carbocycles. The van der Waals surface area contributed by atoms with Crippen LogP contribution in [0.25, 0.3) is 10.4 Å². The van der Waals surface area contributed by atoms with E-state index in [9.17, 15) is 18.0 Å². The number of benzene rings is 2. The summed E-state index contributed by atoms with van der Waals surface area (Å²) in [5.74, 6) is -2.12. The van der Waals surface area contributed by atoms with Crippen molar-refractivity contribution in [2.75, 3.05) is 0 Å². The Kier molecular flexibility index (Phi) is 5.85. The number of carbonyl (C=O) groups is 2. The minimum absolute atomic E-state index is 0.0697. The van der Waals surface area contributed by atoms with Crippen molar-refractivity contribution in [2.45, 2.75) is 30.9 Å². The Morgan fingerprint density at radius 2 is 1.72 bits per heavy atom. The normalized spacial score (nSPS) is 19.6. The summed E-state index contributed by atoms with van der Waals surface area (Å²) in [5, 5.41) is 3.45. The molecule has 0 N–H and O–H groups in total. The van der Waals surface area contributed by atoms with Gasteiger partial charge in [0.15, 0.2) is 11.5 Å². The fourth-order valence-corrected chi connectivity index (χ4v) is 4.76. The molecule has 4 rings (SSSR count). The van der Waals surface area contributed by atoms with Crippen molar-refractivity contribution in [3.8, 4) is 0 Å². The van der Waals surface area contributed by atoms with E-state index in [0.29, 0.717) is 5.56 Å². The Morgan fingerprint density at radius 3 is 2.34 bits per heavy atom. The van der Waals surface area contributed by atoms with Gasteiger partial charge in [-0.1, -0.05) is 65.8 Å². The summed E-state index contributed by atoms with van der Waals surface area (Å²) >= 11 is 0. The molecule has 0 aromatic heterocycles. The third-order valence-electron chi connectivity index (χ3n) is 5.08. The summed E-state index contributed by atoms with van der Waals surface area (Å²) in [7, 11) is -4.12. The largest absolute Gasteiger partial charge is 0.456 e. The Bertz CT molecular complexity index is 1220. The Morgan fingerprint density at radius 1 is 1.09 bits per heavy atom. The molecular weight excluding hydrogens is 436 g/mol. The van der Waals surface area contributed by atoms with Gasteiger partial charge in [0, 0.05) is 11.3 Å². The monoisotopic (exact) mass is 454 g/mol. The van der Waals surface area contributed by atoms with Crippen LogP contribution in [0.2, 0.25) is 0 Å². The highest BCUT2D eigenvalue weighted by atomic mass is 32.2. The fraction of sp³-hybridized carbons (Fsp3) is 0.238. The first-order valence-electron chi connectivity index (χ1n) is 9.67. The van der Waals surface area contributed by atoms with Gasteiger partial charge in [-0.3, -0.25) is 9.69 Å². The lowest BCUT2D eigenvalue weighted by Crippen LogP contribution is -2.61. The number of azide groups is 1. The smallest absolute Gasteiger partial charge is 0.358 e. The van der Waals surface area contributed by atoms with Gasteiger partial charge >= 0.3 is 16.1 Å². The Hall–Kier alpha value is -3.82. The van der Waals surface area contributed by atoms with Crippen molar-refractivity contribution < 1.29 is 26.9 Å². The maximum atomic E-state index is 12.8. The number of ether oxygens (including phenoxy) is 1. The lowest BCUT2D eigenvalue weighted by molar-refractivity contribution is -0.152. The molecule has 0 radical (unpaired) electrons. The number of hydrogen-bond acceptors (Lipinski definition) is 7. The maximum Gasteiger partial charge on any atom is 0.358 e. The minimum Gasteiger partial charge on any atom is -0.456 e. The van der Waals surface area contributed by atoms with Crippen molar-refractivity contribution in [3.05, 3.63) is 93.7 Å². The number of rotatable bonds is 8. The van der Waals surface area contributed by atoms with Crippen LogP contribution in [0.15, 0.2) is 77.2 Å². The lowest BCUT2D eigenvalue weighted by atomic mass is 9.96. The number of β-lactam (4-membered cyclic amide) rings is 1. The van der Waals surface area contributed by atoms with Gasteiger partial charge in [0.05, 0.1) is 6.04 Å². The average molecular weight is 454 g/mol. The van der Waals surface area contributed by atoms with E-state index < -0.39 is 39.8 Å². The molecule has 2 aromatic rings. The maximum absolute atomic E-state index is 12.8. The first-order valence-corrected chi connectivity index (χ1v) is 11.2. The van der Waals surface area contributed by atoms with Gasteiger partial charge in [-0.25, -0.2) is 4.79 Å². The van der Waals surface area contributed by atoms with E-state index in [1.807, 2.05) is 6.07 Å². The standard InChI is InChI=1S/C21H18N4O6S/c22-24-23-18-16-11-17(31-32(28,29)13-15-9-5-2-6-10-15)19(25(16)20(18)26)21(27)30-12-14-7-3-1-4-8-14/h1-10,16,18H,11-13H2. The van der Waals surface area contributed by atoms with Crippen LogP contribution in [0, 0.1) is 0 Å². The number of carbonyl (C=O) groups excluding carboxylic acids is 2. The molecule has 11 heteroatoms. The van der Waals surface area contributed by atoms with E-state index in [-0.39, 0.29) is 24.5 Å². The third-order valence-corrected chi connectivity index (χ3v) is 6.22. The molecule has 10 nitrogen and oxygen atoms in total. The third kappa shape index (κ3) is 4.29. The molecule has 32 heavy (non-hydrogen) atoms. The average Bonchev–Trinajstić information content (AvgIpc) is 3.11. The molecule has 164 valence electrons. The van der Waals surface area contributed by atoms with Crippen LogP contribution in [0.5, 0.6) is 0 Å². The van der Waals surface area contributed by atoms with Gasteiger partial charge in [-0.2, -0.15) is 8.42 Å². The quantitative estimate of drug-likeness (QED) is 0.150. The zero-order valence-electron chi connectivity index (χ0n) is 16.7. The van der Waals surface area contributed by atoms with E-state index in [1.165, 1.54) is 0 Å². The summed E-state index contributed by atoms with van der Waals surface area (Å²) < 4.78 is 35.8. The molecule has 1 amide bonds. The van der Waals surface area contributed by atoms with Crippen LogP contribution in [0.1, 0.15) is 17.5 Å². The number of hydrogen-bond donors (Lipinski definition) is 0. The van der Waals surface area contributed by atoms with Crippen molar-refractivity contribution in [1.29, 1.82) is 0 Å². The van der Waals surface area contributed by atoms with Gasteiger partial charge in [0.25, 0.3) is 0 Å². The topological polar surface area (TPSA) is 139 Å². The predicted molar refractivity (Wildman–Crippen MR) is 112 cm³/mol. The number of esters is 1. The van der Waals surface area contributed by atoms with Crippen LogP contribution in [-0.4, -0.2) is 37.3 Å². The highest BCUT2D eigenvalue weighted by Crippen LogP contribution is 2.41. The zero-order chi connectivity index (χ0) is 22.7. The van der Waals surface area contributed by atoms with E-state index in [2.05, 4.69) is 10.0 Å². The van der Waals surface area contributed by atoms with Crippen LogP contribution in [0.4, 0.5) is 0 Å². The summed E-state index contributed by atoms with van der Waals surface area (Å²) in [6.07, 6.45) is -0.0841. The van der Waals surface area contributed by atoms with E-state index >= 15 is 0 Å². The van der Waals surface area contributed by atoms with Crippen molar-refractivity contribution >= 4 is 22.0 Å². The molecule has 0 saturated carbocycles. The Labute approximate surface area is 183 Å². The van der Waals surface area contributed by atoms with Crippen LogP contribution in [0.3, 0.4) is 0 Å². The SMILES string of the molecule is [N-]=[N+]=NC1C(=O)N2C(C(=O)OCc3ccccc3)=C(OS(=O)(=O)Cc3ccccc3)CC12. The molecule has 2 atom stereocenters. The molecule has 2 unspecified atom stereocenters. The molecule has 0 spiro atoms. The second kappa shape index (κ2) is 8.74. The first-order chi connectivity index (χ1) is 15.4. The van der Waals surface area contributed by atoms with E-state index in [1.54, 1.807) is 54.6 Å². The van der Waals surface area contributed by atoms with Gasteiger partial charge < -0.3 is 8.92 Å². The number of nitrogens with zero attached hydrogens (tertiary/aromatic N) is 4. The molecule has 2 heterocycles. The van der Waals surface area contributed by atoms with Gasteiger partial charge in [0.1, 0.15) is 18.4 Å². The van der Waals surface area contributed by atoms with Gasteiger partial charge in [-0.05, 0) is 16.7 Å². The van der Waals surface area contributed by atoms with Gasteiger partial charge in [0.2, 0.25) is 5.91 Å². The first kappa shape index (κ1) is 21.4. The molecule has 0 bridgehead atoms. The van der Waals surface area contributed by atoms with Crippen LogP contribution < -0.4 is 0 Å². The van der Waals surface area contributed by atoms with Crippen LogP contribution in [-0.2, 0) is 41.0 Å². The molecule has 2 aliphatic rings. The zero-order valence-corrected chi connectivity index (χ0v) is 17.5. The summed E-state index contributed by atoms with van der Waals surface area (Å²) in [5.41, 5.74) is 9.64. The molecule has 1 fully saturated rings. The minimum atomic E-state index is -4.12. The predicted octanol–water partition coefficient (Wildman–Crippen LogP) is 2.78. The molecular formula is C21H18N4O6S. The van der Waals surface area contributed by atoms with Crippen molar-refractivity contribution in [2.24, 2.45) is 5.11 Å². The fourth-order valence-electron chi connectivity index (χ4n) is 3.65. The summed E-state index contributed by atoms with van der Waals surface area (Å²) in [6, 6.07) is 15.6. The van der Waals surface area contributed by atoms with E-state index in [0.717, 1.165) is 10.5 Å². The number of amides is 1. The van der Waals surface area contributed by atoms with Gasteiger partial charge in [-0.15, -0.1) is 0 Å². The summed E-state index contributed by atoms with van der Waals surface area (Å²) in [4.78, 5) is 29.0. The number of fused-ring (bicyclic) bond motifs is 1. The molecule has 0 aliphatic carbocycles. The highest BCUT2D eigenvalue weighted by Gasteiger charge is 2.56. The highest BCUT2D eigenvalue weighted by molar-refractivity contribution is 7.86.